The van der Waals surface area contributed by atoms with Crippen molar-refractivity contribution in [1.29, 1.82) is 0 Å². The van der Waals surface area contributed by atoms with E-state index in [1.54, 1.807) is 11.3 Å². The smallest absolute Gasteiger partial charge is 0.193 e. The molecule has 1 aliphatic heterocycles. The second-order valence-corrected chi connectivity index (χ2v) is 6.88. The Morgan fingerprint density at radius 3 is 3.15 bits per heavy atom. The molecule has 0 amide bonds. The highest BCUT2D eigenvalue weighted by molar-refractivity contribution is 7.15. The largest absolute Gasteiger partial charge is 0.313 e. The third-order valence-electron chi connectivity index (χ3n) is 4.02. The van der Waals surface area contributed by atoms with Crippen molar-refractivity contribution in [2.45, 2.75) is 51.7 Å². The van der Waals surface area contributed by atoms with Gasteiger partial charge in [-0.1, -0.05) is 20.3 Å². The Kier molecular flexibility index (Phi) is 4.38. The van der Waals surface area contributed by atoms with Crippen molar-refractivity contribution in [1.82, 2.24) is 19.6 Å². The lowest BCUT2D eigenvalue weighted by atomic mass is 10.0. The molecule has 2 aromatic heterocycles. The first-order valence-corrected chi connectivity index (χ1v) is 8.49. The highest BCUT2D eigenvalue weighted by Gasteiger charge is 2.23. The van der Waals surface area contributed by atoms with Crippen LogP contribution in [-0.4, -0.2) is 39.5 Å². The van der Waals surface area contributed by atoms with E-state index in [1.165, 1.54) is 31.5 Å². The Labute approximate surface area is 124 Å². The lowest BCUT2D eigenvalue weighted by Gasteiger charge is -2.35. The number of hydrogen-bond donors (Lipinski definition) is 1. The normalized spacial score (nSPS) is 21.1. The minimum absolute atomic E-state index is 0.566. The number of fused-ring (bicyclic) bond motifs is 1. The molecule has 0 aliphatic carbocycles. The molecule has 20 heavy (non-hydrogen) atoms. The van der Waals surface area contributed by atoms with E-state index in [-0.39, 0.29) is 0 Å². The standard InChI is InChI=1S/C15H24N4S/c1-12(2)16-9-14-5-3-4-6-18(14)10-13-11-19-7-8-20-15(19)17-13/h7-8,11-12,14,16H,3-6,9-10H2,1-2H3. The Bertz CT molecular complexity index is 516. The van der Waals surface area contributed by atoms with Crippen molar-refractivity contribution in [2.24, 2.45) is 0 Å². The van der Waals surface area contributed by atoms with Gasteiger partial charge in [0.25, 0.3) is 0 Å². The number of rotatable bonds is 5. The van der Waals surface area contributed by atoms with Crippen LogP contribution in [0.5, 0.6) is 0 Å². The maximum Gasteiger partial charge on any atom is 0.193 e. The Hall–Kier alpha value is -0.910. The van der Waals surface area contributed by atoms with Crippen molar-refractivity contribution in [3.8, 4) is 0 Å². The van der Waals surface area contributed by atoms with Gasteiger partial charge in [-0.15, -0.1) is 11.3 Å². The maximum absolute atomic E-state index is 4.72. The van der Waals surface area contributed by atoms with Crippen LogP contribution in [-0.2, 0) is 6.54 Å². The first-order chi connectivity index (χ1) is 9.72. The molecular weight excluding hydrogens is 268 g/mol. The molecule has 0 aromatic carbocycles. The molecule has 3 rings (SSSR count). The molecule has 1 fully saturated rings. The summed E-state index contributed by atoms with van der Waals surface area (Å²) >= 11 is 1.71. The van der Waals surface area contributed by atoms with E-state index >= 15 is 0 Å². The average molecular weight is 292 g/mol. The molecule has 1 unspecified atom stereocenters. The van der Waals surface area contributed by atoms with Gasteiger partial charge in [-0.05, 0) is 19.4 Å². The summed E-state index contributed by atoms with van der Waals surface area (Å²) in [5.41, 5.74) is 1.20. The fourth-order valence-electron chi connectivity index (χ4n) is 2.93. The summed E-state index contributed by atoms with van der Waals surface area (Å²) in [6.45, 7) is 7.72. The molecule has 0 bridgehead atoms. The van der Waals surface area contributed by atoms with E-state index in [4.69, 9.17) is 4.98 Å². The molecule has 1 saturated heterocycles. The minimum atomic E-state index is 0.566. The van der Waals surface area contributed by atoms with Crippen LogP contribution < -0.4 is 5.32 Å². The van der Waals surface area contributed by atoms with E-state index < -0.39 is 0 Å². The van der Waals surface area contributed by atoms with Gasteiger partial charge in [-0.3, -0.25) is 9.30 Å². The highest BCUT2D eigenvalue weighted by atomic mass is 32.1. The summed E-state index contributed by atoms with van der Waals surface area (Å²) < 4.78 is 2.13. The Morgan fingerprint density at radius 2 is 2.35 bits per heavy atom. The van der Waals surface area contributed by atoms with Gasteiger partial charge in [0.1, 0.15) is 0 Å². The third kappa shape index (κ3) is 3.22. The topological polar surface area (TPSA) is 32.6 Å². The first kappa shape index (κ1) is 14.0. The van der Waals surface area contributed by atoms with Crippen LogP contribution in [0.4, 0.5) is 0 Å². The molecule has 4 nitrogen and oxygen atoms in total. The molecule has 3 heterocycles. The van der Waals surface area contributed by atoms with Gasteiger partial charge in [0.2, 0.25) is 0 Å². The van der Waals surface area contributed by atoms with Gasteiger partial charge in [-0.25, -0.2) is 4.98 Å². The molecule has 0 spiro atoms. The molecule has 0 radical (unpaired) electrons. The molecule has 1 atom stereocenters. The number of nitrogens with zero attached hydrogens (tertiary/aromatic N) is 3. The van der Waals surface area contributed by atoms with Crippen LogP contribution in [0.1, 0.15) is 38.8 Å². The van der Waals surface area contributed by atoms with E-state index in [2.05, 4.69) is 46.2 Å². The van der Waals surface area contributed by atoms with Gasteiger partial charge in [0.15, 0.2) is 4.96 Å². The molecule has 110 valence electrons. The monoisotopic (exact) mass is 292 g/mol. The summed E-state index contributed by atoms with van der Waals surface area (Å²) in [5.74, 6) is 0. The van der Waals surface area contributed by atoms with Crippen molar-refractivity contribution in [2.75, 3.05) is 13.1 Å². The summed E-state index contributed by atoms with van der Waals surface area (Å²) in [6, 6.07) is 1.22. The predicted octanol–water partition coefficient (Wildman–Crippen LogP) is 2.75. The second-order valence-electron chi connectivity index (χ2n) is 6.01. The fraction of sp³-hybridized carbons (Fsp3) is 0.667. The van der Waals surface area contributed by atoms with E-state index in [0.29, 0.717) is 12.1 Å². The zero-order chi connectivity index (χ0) is 13.9. The van der Waals surface area contributed by atoms with Crippen LogP contribution in [0.2, 0.25) is 0 Å². The van der Waals surface area contributed by atoms with Gasteiger partial charge in [0.05, 0.1) is 5.69 Å². The molecule has 1 N–H and O–H groups in total. The number of imidazole rings is 1. The average Bonchev–Trinajstić information content (AvgIpc) is 2.98. The summed E-state index contributed by atoms with van der Waals surface area (Å²) in [7, 11) is 0. The zero-order valence-corrected chi connectivity index (χ0v) is 13.2. The predicted molar refractivity (Wildman–Crippen MR) is 84.3 cm³/mol. The zero-order valence-electron chi connectivity index (χ0n) is 12.4. The second kappa shape index (κ2) is 6.24. The SMILES string of the molecule is CC(C)NCC1CCCCN1Cc1cn2ccsc2n1. The summed E-state index contributed by atoms with van der Waals surface area (Å²) in [4.78, 5) is 8.42. The van der Waals surface area contributed by atoms with E-state index in [1.807, 2.05) is 0 Å². The number of thiazole rings is 1. The van der Waals surface area contributed by atoms with Crippen molar-refractivity contribution in [3.05, 3.63) is 23.5 Å². The van der Waals surface area contributed by atoms with Gasteiger partial charge >= 0.3 is 0 Å². The number of hydrogen-bond acceptors (Lipinski definition) is 4. The van der Waals surface area contributed by atoms with Crippen molar-refractivity contribution < 1.29 is 0 Å². The minimum Gasteiger partial charge on any atom is -0.313 e. The Balaban J connectivity index is 1.65. The molecule has 2 aromatic rings. The molecular formula is C15H24N4S. The molecule has 1 aliphatic rings. The number of piperidine rings is 1. The number of nitrogens with one attached hydrogen (secondary N) is 1. The third-order valence-corrected chi connectivity index (χ3v) is 4.79. The number of likely N-dealkylation sites (tertiary alicyclic amines) is 1. The highest BCUT2D eigenvalue weighted by Crippen LogP contribution is 2.20. The van der Waals surface area contributed by atoms with Crippen LogP contribution in [0.3, 0.4) is 0 Å². The van der Waals surface area contributed by atoms with Gasteiger partial charge < -0.3 is 5.32 Å². The lowest BCUT2D eigenvalue weighted by Crippen LogP contribution is -2.46. The van der Waals surface area contributed by atoms with Crippen LogP contribution in [0.25, 0.3) is 4.96 Å². The van der Waals surface area contributed by atoms with Crippen molar-refractivity contribution >= 4 is 16.3 Å². The lowest BCUT2D eigenvalue weighted by molar-refractivity contribution is 0.134. The van der Waals surface area contributed by atoms with E-state index in [0.717, 1.165) is 18.1 Å². The maximum atomic E-state index is 4.72. The Morgan fingerprint density at radius 1 is 1.45 bits per heavy atom. The van der Waals surface area contributed by atoms with Crippen LogP contribution >= 0.6 is 11.3 Å². The fourth-order valence-corrected chi connectivity index (χ4v) is 3.65. The van der Waals surface area contributed by atoms with Crippen LogP contribution in [0.15, 0.2) is 17.8 Å². The summed E-state index contributed by atoms with van der Waals surface area (Å²) in [6.07, 6.45) is 8.25. The van der Waals surface area contributed by atoms with Gasteiger partial charge in [0, 0.05) is 42.9 Å². The van der Waals surface area contributed by atoms with Gasteiger partial charge in [-0.2, -0.15) is 0 Å². The van der Waals surface area contributed by atoms with Crippen molar-refractivity contribution in [3.63, 3.8) is 0 Å². The quantitative estimate of drug-likeness (QED) is 0.920. The molecule has 0 saturated carbocycles. The summed E-state index contributed by atoms with van der Waals surface area (Å²) in [5, 5.41) is 5.67. The van der Waals surface area contributed by atoms with Crippen LogP contribution in [0, 0.1) is 0 Å². The first-order valence-electron chi connectivity index (χ1n) is 7.61. The van der Waals surface area contributed by atoms with E-state index in [9.17, 15) is 0 Å². The number of aromatic nitrogens is 2. The molecule has 5 heteroatoms.